The third-order valence-corrected chi connectivity index (χ3v) is 3.78. The molecule has 2 unspecified atom stereocenters. The van der Waals surface area contributed by atoms with Crippen LogP contribution in [0.5, 0.6) is 0 Å². The van der Waals surface area contributed by atoms with Gasteiger partial charge in [0.05, 0.1) is 18.1 Å². The van der Waals surface area contributed by atoms with E-state index in [0.717, 1.165) is 19.3 Å². The smallest absolute Gasteiger partial charge is 0.391 e. The Morgan fingerprint density at radius 3 is 2.56 bits per heavy atom. The first-order valence-corrected chi connectivity index (χ1v) is 5.79. The van der Waals surface area contributed by atoms with Gasteiger partial charge >= 0.3 is 6.18 Å². The molecule has 0 aromatic rings. The van der Waals surface area contributed by atoms with Crippen molar-refractivity contribution in [1.82, 2.24) is 0 Å². The fourth-order valence-corrected chi connectivity index (χ4v) is 2.72. The fourth-order valence-electron chi connectivity index (χ4n) is 2.72. The first kappa shape index (κ1) is 12.2. The van der Waals surface area contributed by atoms with Crippen LogP contribution in [0.2, 0.25) is 0 Å². The van der Waals surface area contributed by atoms with Crippen LogP contribution in [-0.4, -0.2) is 29.6 Å². The van der Waals surface area contributed by atoms with Gasteiger partial charge in [-0.15, -0.1) is 0 Å². The van der Waals surface area contributed by atoms with Crippen LogP contribution in [0.3, 0.4) is 0 Å². The maximum atomic E-state index is 12.2. The van der Waals surface area contributed by atoms with E-state index >= 15 is 0 Å². The molecule has 0 amide bonds. The molecule has 1 saturated carbocycles. The second-order valence-electron chi connectivity index (χ2n) is 5.02. The molecule has 94 valence electrons. The molecule has 1 heterocycles. The lowest BCUT2D eigenvalue weighted by molar-refractivity contribution is -0.185. The van der Waals surface area contributed by atoms with Crippen molar-refractivity contribution in [3.63, 3.8) is 0 Å². The Kier molecular flexibility index (Phi) is 3.18. The number of aliphatic hydroxyl groups is 1. The standard InChI is InChI=1S/C11H17F3O2/c12-11(13,14)7-9(15)8-2-5-16-10(6-8)3-1-4-10/h8-9,15H,1-7H2. The Hall–Kier alpha value is -0.290. The van der Waals surface area contributed by atoms with E-state index in [4.69, 9.17) is 4.74 Å². The maximum absolute atomic E-state index is 12.2. The van der Waals surface area contributed by atoms with Crippen LogP contribution in [-0.2, 0) is 4.74 Å². The fraction of sp³-hybridized carbons (Fsp3) is 1.00. The van der Waals surface area contributed by atoms with E-state index in [1.54, 1.807) is 0 Å². The zero-order valence-corrected chi connectivity index (χ0v) is 9.09. The third kappa shape index (κ3) is 2.69. The maximum Gasteiger partial charge on any atom is 0.391 e. The summed E-state index contributed by atoms with van der Waals surface area (Å²) >= 11 is 0. The Balaban J connectivity index is 1.89. The summed E-state index contributed by atoms with van der Waals surface area (Å²) in [7, 11) is 0. The van der Waals surface area contributed by atoms with Crippen molar-refractivity contribution in [2.75, 3.05) is 6.61 Å². The molecule has 2 atom stereocenters. The minimum absolute atomic E-state index is 0.199. The minimum Gasteiger partial charge on any atom is -0.392 e. The van der Waals surface area contributed by atoms with Gasteiger partial charge in [0.25, 0.3) is 0 Å². The lowest BCUT2D eigenvalue weighted by Gasteiger charge is -2.48. The van der Waals surface area contributed by atoms with Crippen molar-refractivity contribution in [2.45, 2.75) is 56.4 Å². The first-order valence-electron chi connectivity index (χ1n) is 5.79. The van der Waals surface area contributed by atoms with Gasteiger partial charge in [0.15, 0.2) is 0 Å². The van der Waals surface area contributed by atoms with Gasteiger partial charge < -0.3 is 9.84 Å². The summed E-state index contributed by atoms with van der Waals surface area (Å²) in [5.41, 5.74) is -0.199. The van der Waals surface area contributed by atoms with Gasteiger partial charge in [-0.25, -0.2) is 0 Å². The van der Waals surface area contributed by atoms with Gasteiger partial charge in [-0.1, -0.05) is 0 Å². The van der Waals surface area contributed by atoms with E-state index in [1.807, 2.05) is 0 Å². The van der Waals surface area contributed by atoms with E-state index in [0.29, 0.717) is 19.4 Å². The molecule has 2 fully saturated rings. The van der Waals surface area contributed by atoms with Crippen LogP contribution in [0.15, 0.2) is 0 Å². The SMILES string of the molecule is OC(CC(F)(F)F)C1CCOC2(CCC2)C1. The molecule has 1 aliphatic heterocycles. The molecule has 0 aromatic heterocycles. The van der Waals surface area contributed by atoms with Gasteiger partial charge in [0.1, 0.15) is 0 Å². The average molecular weight is 238 g/mol. The van der Waals surface area contributed by atoms with Crippen LogP contribution in [0, 0.1) is 5.92 Å². The minimum atomic E-state index is -4.27. The van der Waals surface area contributed by atoms with Gasteiger partial charge in [0, 0.05) is 6.61 Å². The number of hydrogen-bond acceptors (Lipinski definition) is 2. The number of aliphatic hydroxyl groups excluding tert-OH is 1. The number of alkyl halides is 3. The Morgan fingerprint density at radius 1 is 1.38 bits per heavy atom. The predicted octanol–water partition coefficient (Wildman–Crippen LogP) is 2.65. The topological polar surface area (TPSA) is 29.5 Å². The van der Waals surface area contributed by atoms with Gasteiger partial charge in [0.2, 0.25) is 0 Å². The third-order valence-electron chi connectivity index (χ3n) is 3.78. The molecule has 2 nitrogen and oxygen atoms in total. The monoisotopic (exact) mass is 238 g/mol. The van der Waals surface area contributed by atoms with Crippen molar-refractivity contribution in [1.29, 1.82) is 0 Å². The second-order valence-corrected chi connectivity index (χ2v) is 5.02. The highest BCUT2D eigenvalue weighted by molar-refractivity contribution is 4.95. The molecular weight excluding hydrogens is 221 g/mol. The zero-order chi connectivity index (χ0) is 11.8. The van der Waals surface area contributed by atoms with Gasteiger partial charge in [-0.3, -0.25) is 0 Å². The van der Waals surface area contributed by atoms with Crippen LogP contribution in [0.25, 0.3) is 0 Å². The van der Waals surface area contributed by atoms with Crippen molar-refractivity contribution >= 4 is 0 Å². The summed E-state index contributed by atoms with van der Waals surface area (Å²) in [6.45, 7) is 0.486. The summed E-state index contributed by atoms with van der Waals surface area (Å²) in [4.78, 5) is 0. The van der Waals surface area contributed by atoms with Crippen LogP contribution in [0.1, 0.15) is 38.5 Å². The molecule has 2 rings (SSSR count). The quantitative estimate of drug-likeness (QED) is 0.801. The largest absolute Gasteiger partial charge is 0.392 e. The summed E-state index contributed by atoms with van der Waals surface area (Å²) in [5, 5.41) is 9.59. The van der Waals surface area contributed by atoms with E-state index in [1.165, 1.54) is 0 Å². The van der Waals surface area contributed by atoms with E-state index in [2.05, 4.69) is 0 Å². The highest BCUT2D eigenvalue weighted by atomic mass is 19.4. The molecule has 1 N–H and O–H groups in total. The van der Waals surface area contributed by atoms with Gasteiger partial charge in [-0.05, 0) is 38.0 Å². The Bertz CT molecular complexity index is 248. The average Bonchev–Trinajstić information content (AvgIpc) is 2.13. The molecule has 0 aromatic carbocycles. The molecule has 0 bridgehead atoms. The molecular formula is C11H17F3O2. The highest BCUT2D eigenvalue weighted by Gasteiger charge is 2.45. The van der Waals surface area contributed by atoms with Crippen LogP contribution in [0.4, 0.5) is 13.2 Å². The molecule has 0 radical (unpaired) electrons. The highest BCUT2D eigenvalue weighted by Crippen LogP contribution is 2.45. The van der Waals surface area contributed by atoms with E-state index in [9.17, 15) is 18.3 Å². The Morgan fingerprint density at radius 2 is 2.06 bits per heavy atom. The first-order chi connectivity index (χ1) is 7.40. The lowest BCUT2D eigenvalue weighted by Crippen LogP contribution is -2.48. The van der Waals surface area contributed by atoms with Crippen molar-refractivity contribution in [3.05, 3.63) is 0 Å². The number of hydrogen-bond donors (Lipinski definition) is 1. The second kappa shape index (κ2) is 4.18. The predicted molar refractivity (Wildman–Crippen MR) is 51.9 cm³/mol. The summed E-state index contributed by atoms with van der Waals surface area (Å²) in [5.74, 6) is -0.254. The molecule has 2 aliphatic rings. The van der Waals surface area contributed by atoms with Crippen molar-refractivity contribution in [2.24, 2.45) is 5.92 Å². The molecule has 1 saturated heterocycles. The molecule has 1 spiro atoms. The molecule has 16 heavy (non-hydrogen) atoms. The summed E-state index contributed by atoms with van der Waals surface area (Å²) in [6, 6.07) is 0. The van der Waals surface area contributed by atoms with Crippen LogP contribution < -0.4 is 0 Å². The number of halogens is 3. The summed E-state index contributed by atoms with van der Waals surface area (Å²) in [6.07, 6.45) is -2.55. The van der Waals surface area contributed by atoms with E-state index in [-0.39, 0.29) is 11.5 Å². The number of rotatable bonds is 2. The number of ether oxygens (including phenoxy) is 1. The van der Waals surface area contributed by atoms with Crippen LogP contribution >= 0.6 is 0 Å². The Labute approximate surface area is 92.8 Å². The molecule has 5 heteroatoms. The van der Waals surface area contributed by atoms with E-state index < -0.39 is 18.7 Å². The normalized spacial score (nSPS) is 31.1. The van der Waals surface area contributed by atoms with Crippen molar-refractivity contribution < 1.29 is 23.0 Å². The zero-order valence-electron chi connectivity index (χ0n) is 9.09. The summed E-state index contributed by atoms with van der Waals surface area (Å²) < 4.78 is 42.1. The lowest BCUT2D eigenvalue weighted by atomic mass is 9.70. The van der Waals surface area contributed by atoms with Gasteiger partial charge in [-0.2, -0.15) is 13.2 Å². The van der Waals surface area contributed by atoms with Crippen molar-refractivity contribution in [3.8, 4) is 0 Å². The molecule has 1 aliphatic carbocycles.